The van der Waals surface area contributed by atoms with Crippen LogP contribution in [0.15, 0.2) is 28.7 Å². The molecule has 1 aliphatic heterocycles. The van der Waals surface area contributed by atoms with Crippen LogP contribution in [0, 0.1) is 0 Å². The average molecular weight is 297 g/mol. The van der Waals surface area contributed by atoms with Gasteiger partial charge in [-0.3, -0.25) is 9.80 Å². The van der Waals surface area contributed by atoms with Gasteiger partial charge in [0.2, 0.25) is 0 Å². The monoisotopic (exact) mass is 296 g/mol. The van der Waals surface area contributed by atoms with Crippen molar-refractivity contribution in [2.24, 2.45) is 0 Å². The van der Waals surface area contributed by atoms with Gasteiger partial charge >= 0.3 is 0 Å². The molecule has 1 heterocycles. The van der Waals surface area contributed by atoms with Gasteiger partial charge in [-0.2, -0.15) is 0 Å². The summed E-state index contributed by atoms with van der Waals surface area (Å²) in [5.41, 5.74) is 1.40. The Labute approximate surface area is 113 Å². The lowest BCUT2D eigenvalue weighted by atomic mass is 10.1. The molecule has 1 fully saturated rings. The van der Waals surface area contributed by atoms with Crippen LogP contribution in [0.4, 0.5) is 0 Å². The van der Waals surface area contributed by atoms with Gasteiger partial charge < -0.3 is 0 Å². The molecule has 0 amide bonds. The van der Waals surface area contributed by atoms with Crippen LogP contribution in [0.5, 0.6) is 0 Å². The number of halogens is 1. The van der Waals surface area contributed by atoms with E-state index >= 15 is 0 Å². The molecule has 0 N–H and O–H groups in total. The summed E-state index contributed by atoms with van der Waals surface area (Å²) >= 11 is 3.53. The minimum Gasteiger partial charge on any atom is -0.298 e. The van der Waals surface area contributed by atoms with Crippen LogP contribution in [0.2, 0.25) is 0 Å². The van der Waals surface area contributed by atoms with Crippen LogP contribution in [0.25, 0.3) is 0 Å². The second kappa shape index (κ2) is 5.98. The lowest BCUT2D eigenvalue weighted by Gasteiger charge is -2.39. The van der Waals surface area contributed by atoms with Crippen LogP contribution in [0.3, 0.4) is 0 Å². The summed E-state index contributed by atoms with van der Waals surface area (Å²) in [5.74, 6) is 0. The van der Waals surface area contributed by atoms with E-state index in [9.17, 15) is 0 Å². The molecule has 1 aromatic rings. The van der Waals surface area contributed by atoms with Crippen molar-refractivity contribution in [3.8, 4) is 0 Å². The zero-order valence-electron chi connectivity index (χ0n) is 10.7. The smallest absolute Gasteiger partial charge is 0.0235 e. The molecule has 1 atom stereocenters. The maximum atomic E-state index is 3.53. The van der Waals surface area contributed by atoms with Gasteiger partial charge in [-0.15, -0.1) is 0 Å². The first-order valence-electron chi connectivity index (χ1n) is 6.40. The average Bonchev–Trinajstić information content (AvgIpc) is 2.29. The maximum absolute atomic E-state index is 3.53. The number of hydrogen-bond donors (Lipinski definition) is 0. The molecular weight excluding hydrogens is 276 g/mol. The van der Waals surface area contributed by atoms with Crippen molar-refractivity contribution in [1.29, 1.82) is 0 Å². The van der Waals surface area contributed by atoms with E-state index in [4.69, 9.17) is 0 Å². The topological polar surface area (TPSA) is 6.48 Å². The highest BCUT2D eigenvalue weighted by molar-refractivity contribution is 9.10. The van der Waals surface area contributed by atoms with Crippen LogP contribution in [0.1, 0.15) is 19.4 Å². The number of nitrogens with zero attached hydrogens (tertiary/aromatic N) is 2. The Kier molecular flexibility index (Phi) is 4.60. The summed E-state index contributed by atoms with van der Waals surface area (Å²) < 4.78 is 1.18. The second-order valence-corrected chi connectivity index (χ2v) is 5.76. The standard InChI is InChI=1S/C14H21BrN2/c1-3-17-8-7-16(10-12(17)2)11-13-5-4-6-14(15)9-13/h4-6,9,12H,3,7-8,10-11H2,1-2H3. The first kappa shape index (κ1) is 13.1. The number of likely N-dealkylation sites (N-methyl/N-ethyl adjacent to an activating group) is 1. The third-order valence-electron chi connectivity index (χ3n) is 3.55. The fourth-order valence-electron chi connectivity index (χ4n) is 2.58. The van der Waals surface area contributed by atoms with Gasteiger partial charge in [0, 0.05) is 36.7 Å². The Bertz CT molecular complexity index is 367. The molecule has 0 radical (unpaired) electrons. The van der Waals surface area contributed by atoms with Gasteiger partial charge in [0.25, 0.3) is 0 Å². The highest BCUT2D eigenvalue weighted by atomic mass is 79.9. The summed E-state index contributed by atoms with van der Waals surface area (Å²) in [6.45, 7) is 10.4. The number of rotatable bonds is 3. The van der Waals surface area contributed by atoms with Crippen molar-refractivity contribution in [3.63, 3.8) is 0 Å². The third-order valence-corrected chi connectivity index (χ3v) is 4.04. The molecular formula is C14H21BrN2. The van der Waals surface area contributed by atoms with Crippen molar-refractivity contribution < 1.29 is 0 Å². The zero-order chi connectivity index (χ0) is 12.3. The van der Waals surface area contributed by atoms with E-state index in [0.29, 0.717) is 6.04 Å². The number of benzene rings is 1. The van der Waals surface area contributed by atoms with E-state index in [2.05, 4.69) is 63.8 Å². The van der Waals surface area contributed by atoms with Gasteiger partial charge in [-0.25, -0.2) is 0 Å². The number of piperazine rings is 1. The Morgan fingerprint density at radius 2 is 2.18 bits per heavy atom. The minimum absolute atomic E-state index is 0.681. The Hall–Kier alpha value is -0.380. The molecule has 1 aliphatic rings. The molecule has 1 unspecified atom stereocenters. The molecule has 0 spiro atoms. The van der Waals surface area contributed by atoms with Gasteiger partial charge in [0.15, 0.2) is 0 Å². The SMILES string of the molecule is CCN1CCN(Cc2cccc(Br)c2)CC1C. The normalized spacial score (nSPS) is 22.9. The summed E-state index contributed by atoms with van der Waals surface area (Å²) in [6.07, 6.45) is 0. The zero-order valence-corrected chi connectivity index (χ0v) is 12.3. The van der Waals surface area contributed by atoms with E-state index < -0.39 is 0 Å². The van der Waals surface area contributed by atoms with E-state index in [1.165, 1.54) is 36.2 Å². The summed E-state index contributed by atoms with van der Waals surface area (Å²) in [5, 5.41) is 0. The quantitative estimate of drug-likeness (QED) is 0.846. The fraction of sp³-hybridized carbons (Fsp3) is 0.571. The highest BCUT2D eigenvalue weighted by Crippen LogP contribution is 2.16. The predicted molar refractivity (Wildman–Crippen MR) is 76.1 cm³/mol. The molecule has 2 nitrogen and oxygen atoms in total. The van der Waals surface area contributed by atoms with E-state index in [1.54, 1.807) is 0 Å². The van der Waals surface area contributed by atoms with Gasteiger partial charge in [0.1, 0.15) is 0 Å². The van der Waals surface area contributed by atoms with Crippen molar-refractivity contribution >= 4 is 15.9 Å². The molecule has 3 heteroatoms. The molecule has 0 aromatic heterocycles. The van der Waals surface area contributed by atoms with Crippen molar-refractivity contribution in [2.75, 3.05) is 26.2 Å². The minimum atomic E-state index is 0.681. The van der Waals surface area contributed by atoms with Crippen molar-refractivity contribution in [1.82, 2.24) is 9.80 Å². The second-order valence-electron chi connectivity index (χ2n) is 4.84. The Morgan fingerprint density at radius 1 is 1.35 bits per heavy atom. The summed E-state index contributed by atoms with van der Waals surface area (Å²) in [4.78, 5) is 5.11. The van der Waals surface area contributed by atoms with Crippen molar-refractivity contribution in [2.45, 2.75) is 26.4 Å². The van der Waals surface area contributed by atoms with Crippen LogP contribution in [-0.2, 0) is 6.54 Å². The van der Waals surface area contributed by atoms with Crippen LogP contribution >= 0.6 is 15.9 Å². The Balaban J connectivity index is 1.93. The molecule has 0 bridgehead atoms. The van der Waals surface area contributed by atoms with E-state index in [0.717, 1.165) is 6.54 Å². The summed E-state index contributed by atoms with van der Waals surface area (Å²) in [7, 11) is 0. The predicted octanol–water partition coefficient (Wildman–Crippen LogP) is 2.98. The Morgan fingerprint density at radius 3 is 2.82 bits per heavy atom. The van der Waals surface area contributed by atoms with E-state index in [1.807, 2.05) is 0 Å². The molecule has 1 saturated heterocycles. The fourth-order valence-corrected chi connectivity index (χ4v) is 3.02. The first-order chi connectivity index (χ1) is 8.19. The third kappa shape index (κ3) is 3.54. The maximum Gasteiger partial charge on any atom is 0.0235 e. The van der Waals surface area contributed by atoms with Gasteiger partial charge in [-0.05, 0) is 31.2 Å². The lowest BCUT2D eigenvalue weighted by Crippen LogP contribution is -2.51. The molecule has 0 saturated carbocycles. The van der Waals surface area contributed by atoms with Crippen molar-refractivity contribution in [3.05, 3.63) is 34.3 Å². The lowest BCUT2D eigenvalue weighted by molar-refractivity contribution is 0.0834. The van der Waals surface area contributed by atoms with Gasteiger partial charge in [-0.1, -0.05) is 35.0 Å². The largest absolute Gasteiger partial charge is 0.298 e. The van der Waals surface area contributed by atoms with Crippen LogP contribution < -0.4 is 0 Å². The first-order valence-corrected chi connectivity index (χ1v) is 7.19. The molecule has 0 aliphatic carbocycles. The molecule has 94 valence electrons. The molecule has 17 heavy (non-hydrogen) atoms. The van der Waals surface area contributed by atoms with E-state index in [-0.39, 0.29) is 0 Å². The summed E-state index contributed by atoms with van der Waals surface area (Å²) in [6, 6.07) is 9.31. The molecule has 1 aromatic carbocycles. The highest BCUT2D eigenvalue weighted by Gasteiger charge is 2.21. The van der Waals surface area contributed by atoms with Gasteiger partial charge in [0.05, 0.1) is 0 Å². The molecule has 2 rings (SSSR count). The van der Waals surface area contributed by atoms with Crippen LogP contribution in [-0.4, -0.2) is 42.0 Å². The number of hydrogen-bond acceptors (Lipinski definition) is 2.